The largest absolute Gasteiger partial charge is 0.242 e. The monoisotopic (exact) mass is 181 g/mol. The van der Waals surface area contributed by atoms with Crippen molar-refractivity contribution in [3.05, 3.63) is 23.2 Å². The fraction of sp³-hybridized carbons (Fsp3) is 0.125. The van der Waals surface area contributed by atoms with Crippen LogP contribution in [0.25, 0.3) is 10.2 Å². The van der Waals surface area contributed by atoms with Gasteiger partial charge in [0.15, 0.2) is 0 Å². The predicted octanol–water partition coefficient (Wildman–Crippen LogP) is 2.89. The first kappa shape index (κ1) is 7.13. The number of rotatable bonds is 0. The molecule has 0 unspecified atom stereocenters. The molecule has 0 radical (unpaired) electrons. The van der Waals surface area contributed by atoms with Crippen LogP contribution in [0.1, 0.15) is 5.01 Å². The molecule has 0 atom stereocenters. The number of thiol groups is 1. The molecule has 56 valence electrons. The van der Waals surface area contributed by atoms with Crippen LogP contribution in [0, 0.1) is 6.92 Å². The van der Waals surface area contributed by atoms with Crippen LogP contribution in [0.4, 0.5) is 0 Å². The van der Waals surface area contributed by atoms with E-state index in [-0.39, 0.29) is 0 Å². The van der Waals surface area contributed by atoms with Gasteiger partial charge in [0.2, 0.25) is 0 Å². The second kappa shape index (κ2) is 2.50. The fourth-order valence-corrected chi connectivity index (χ4v) is 2.19. The third kappa shape index (κ3) is 1.26. The summed E-state index contributed by atoms with van der Waals surface area (Å²) in [6.07, 6.45) is 0. The average Bonchev–Trinajstić information content (AvgIpc) is 2.27. The van der Waals surface area contributed by atoms with Crippen molar-refractivity contribution in [1.29, 1.82) is 0 Å². The van der Waals surface area contributed by atoms with Gasteiger partial charge in [-0.2, -0.15) is 0 Å². The van der Waals surface area contributed by atoms with Crippen molar-refractivity contribution in [1.82, 2.24) is 4.98 Å². The molecule has 2 rings (SSSR count). The average molecular weight is 181 g/mol. The smallest absolute Gasteiger partial charge is 0.0907 e. The molecular weight excluding hydrogens is 174 g/mol. The molecule has 1 aromatic heterocycles. The van der Waals surface area contributed by atoms with Crippen LogP contribution in [0.15, 0.2) is 23.1 Å². The van der Waals surface area contributed by atoms with Crippen molar-refractivity contribution in [3.63, 3.8) is 0 Å². The topological polar surface area (TPSA) is 12.9 Å². The maximum absolute atomic E-state index is 4.34. The number of fused-ring (bicyclic) bond motifs is 1. The number of aryl methyl sites for hydroxylation is 1. The number of benzene rings is 1. The predicted molar refractivity (Wildman–Crippen MR) is 51.6 cm³/mol. The minimum atomic E-state index is 1.00. The zero-order chi connectivity index (χ0) is 7.84. The van der Waals surface area contributed by atoms with E-state index in [4.69, 9.17) is 0 Å². The Hall–Kier alpha value is -0.540. The van der Waals surface area contributed by atoms with Crippen LogP contribution in [0.2, 0.25) is 0 Å². The Bertz CT molecular complexity index is 392. The summed E-state index contributed by atoms with van der Waals surface area (Å²) in [6.45, 7) is 2.02. The van der Waals surface area contributed by atoms with Crippen molar-refractivity contribution < 1.29 is 0 Å². The van der Waals surface area contributed by atoms with Gasteiger partial charge in [-0.05, 0) is 25.1 Å². The van der Waals surface area contributed by atoms with Gasteiger partial charge in [0, 0.05) is 4.90 Å². The zero-order valence-corrected chi connectivity index (χ0v) is 7.75. The Morgan fingerprint density at radius 1 is 1.45 bits per heavy atom. The second-order valence-corrected chi connectivity index (χ2v) is 4.14. The molecule has 11 heavy (non-hydrogen) atoms. The summed E-state index contributed by atoms with van der Waals surface area (Å²) < 4.78 is 1.22. The van der Waals surface area contributed by atoms with Crippen LogP contribution < -0.4 is 0 Å². The lowest BCUT2D eigenvalue weighted by Gasteiger charge is -1.87. The van der Waals surface area contributed by atoms with Gasteiger partial charge < -0.3 is 0 Å². The van der Waals surface area contributed by atoms with Gasteiger partial charge in [-0.25, -0.2) is 4.98 Å². The molecule has 0 bridgehead atoms. The third-order valence-electron chi connectivity index (χ3n) is 1.48. The summed E-state index contributed by atoms with van der Waals surface area (Å²) in [5, 5.41) is 1.11. The lowest BCUT2D eigenvalue weighted by molar-refractivity contribution is 1.34. The number of aromatic nitrogens is 1. The summed E-state index contributed by atoms with van der Waals surface area (Å²) in [4.78, 5) is 5.34. The second-order valence-electron chi connectivity index (χ2n) is 2.38. The van der Waals surface area contributed by atoms with Gasteiger partial charge in [-0.1, -0.05) is 0 Å². The van der Waals surface area contributed by atoms with E-state index in [1.54, 1.807) is 11.3 Å². The molecule has 0 amide bonds. The Morgan fingerprint density at radius 3 is 3.09 bits per heavy atom. The molecule has 0 aliphatic rings. The Balaban J connectivity index is 2.82. The molecule has 0 N–H and O–H groups in total. The van der Waals surface area contributed by atoms with Gasteiger partial charge in [0.25, 0.3) is 0 Å². The molecule has 0 spiro atoms. The standard InChI is InChI=1S/C8H7NS2/c1-5-9-7-3-2-6(10)4-8(7)11-5/h2-4,10H,1H3. The maximum atomic E-state index is 4.34. The van der Waals surface area contributed by atoms with E-state index in [1.807, 2.05) is 25.1 Å². The number of hydrogen-bond acceptors (Lipinski definition) is 3. The van der Waals surface area contributed by atoms with Crippen molar-refractivity contribution >= 4 is 34.2 Å². The molecule has 1 heterocycles. The summed E-state index contributed by atoms with van der Waals surface area (Å²) in [5.41, 5.74) is 1.07. The van der Waals surface area contributed by atoms with Gasteiger partial charge in [-0.15, -0.1) is 24.0 Å². The highest BCUT2D eigenvalue weighted by Gasteiger charge is 1.98. The lowest BCUT2D eigenvalue weighted by Crippen LogP contribution is -1.67. The van der Waals surface area contributed by atoms with Crippen molar-refractivity contribution in [3.8, 4) is 0 Å². The molecular formula is C8H7NS2. The van der Waals surface area contributed by atoms with E-state index in [0.29, 0.717) is 0 Å². The number of nitrogens with zero attached hydrogens (tertiary/aromatic N) is 1. The van der Waals surface area contributed by atoms with E-state index in [9.17, 15) is 0 Å². The minimum Gasteiger partial charge on any atom is -0.242 e. The molecule has 1 nitrogen and oxygen atoms in total. The summed E-state index contributed by atoms with van der Waals surface area (Å²) >= 11 is 5.95. The van der Waals surface area contributed by atoms with Crippen molar-refractivity contribution in [2.24, 2.45) is 0 Å². The normalized spacial score (nSPS) is 10.7. The molecule has 0 fully saturated rings. The van der Waals surface area contributed by atoms with E-state index in [2.05, 4.69) is 17.6 Å². The quantitative estimate of drug-likeness (QED) is 0.617. The van der Waals surface area contributed by atoms with Gasteiger partial charge in [0.05, 0.1) is 15.2 Å². The number of hydrogen-bond donors (Lipinski definition) is 1. The Kier molecular flexibility index (Phi) is 1.62. The number of thiazole rings is 1. The van der Waals surface area contributed by atoms with Crippen LogP contribution in [0.5, 0.6) is 0 Å². The lowest BCUT2D eigenvalue weighted by atomic mass is 10.3. The van der Waals surface area contributed by atoms with E-state index < -0.39 is 0 Å². The van der Waals surface area contributed by atoms with Gasteiger partial charge >= 0.3 is 0 Å². The summed E-state index contributed by atoms with van der Waals surface area (Å²) in [6, 6.07) is 6.01. The van der Waals surface area contributed by atoms with Gasteiger partial charge in [0.1, 0.15) is 0 Å². The minimum absolute atomic E-state index is 1.00. The van der Waals surface area contributed by atoms with E-state index in [0.717, 1.165) is 15.4 Å². The summed E-state index contributed by atoms with van der Waals surface area (Å²) in [7, 11) is 0. The van der Waals surface area contributed by atoms with Crippen molar-refractivity contribution in [2.45, 2.75) is 11.8 Å². The van der Waals surface area contributed by atoms with Crippen LogP contribution in [-0.4, -0.2) is 4.98 Å². The fourth-order valence-electron chi connectivity index (χ4n) is 1.03. The zero-order valence-electron chi connectivity index (χ0n) is 6.03. The molecule has 0 saturated heterocycles. The van der Waals surface area contributed by atoms with Crippen LogP contribution >= 0.6 is 24.0 Å². The molecule has 3 heteroatoms. The Morgan fingerprint density at radius 2 is 2.27 bits per heavy atom. The SMILES string of the molecule is Cc1nc2ccc(S)cc2s1. The van der Waals surface area contributed by atoms with Crippen LogP contribution in [0.3, 0.4) is 0 Å². The van der Waals surface area contributed by atoms with E-state index >= 15 is 0 Å². The first-order valence-corrected chi connectivity index (χ1v) is 4.58. The molecule has 1 aromatic carbocycles. The molecule has 0 aliphatic heterocycles. The van der Waals surface area contributed by atoms with Gasteiger partial charge in [-0.3, -0.25) is 0 Å². The maximum Gasteiger partial charge on any atom is 0.0907 e. The third-order valence-corrected chi connectivity index (χ3v) is 2.69. The molecule has 2 aromatic rings. The van der Waals surface area contributed by atoms with Crippen molar-refractivity contribution in [2.75, 3.05) is 0 Å². The summed E-state index contributed by atoms with van der Waals surface area (Å²) in [5.74, 6) is 0. The molecule has 0 aliphatic carbocycles. The Labute approximate surface area is 74.5 Å². The highest BCUT2D eigenvalue weighted by molar-refractivity contribution is 7.80. The highest BCUT2D eigenvalue weighted by Crippen LogP contribution is 2.23. The van der Waals surface area contributed by atoms with Crippen LogP contribution in [-0.2, 0) is 0 Å². The molecule has 0 saturated carbocycles. The highest BCUT2D eigenvalue weighted by atomic mass is 32.1. The first-order chi connectivity index (χ1) is 5.25. The van der Waals surface area contributed by atoms with E-state index in [1.165, 1.54) is 4.70 Å². The first-order valence-electron chi connectivity index (χ1n) is 3.32.